The van der Waals surface area contributed by atoms with Gasteiger partial charge in [-0.2, -0.15) is 0 Å². The second-order valence-corrected chi connectivity index (χ2v) is 18.7. The van der Waals surface area contributed by atoms with Crippen LogP contribution < -0.4 is 0 Å². The van der Waals surface area contributed by atoms with Gasteiger partial charge in [0.05, 0.1) is 11.0 Å². The Balaban J connectivity index is 0.898. The van der Waals surface area contributed by atoms with Gasteiger partial charge in [0.1, 0.15) is 0 Å². The molecule has 0 saturated carbocycles. The number of benzene rings is 10. The fourth-order valence-electron chi connectivity index (χ4n) is 10.3. The quantitative estimate of drug-likeness (QED) is 0.137. The van der Waals surface area contributed by atoms with Crippen LogP contribution in [0.3, 0.4) is 0 Å². The first-order valence-electron chi connectivity index (χ1n) is 25.1. The van der Waals surface area contributed by atoms with Crippen LogP contribution in [0, 0.1) is 0 Å². The lowest BCUT2D eigenvalue weighted by Gasteiger charge is -2.12. The molecule has 0 unspecified atom stereocenters. The van der Waals surface area contributed by atoms with Gasteiger partial charge in [0.25, 0.3) is 0 Å². The van der Waals surface area contributed by atoms with Gasteiger partial charge < -0.3 is 4.57 Å². The van der Waals surface area contributed by atoms with Gasteiger partial charge in [0.15, 0.2) is 17.5 Å². The van der Waals surface area contributed by atoms with E-state index in [1.54, 1.807) is 0 Å². The first-order valence-corrected chi connectivity index (χ1v) is 25.1. The smallest absolute Gasteiger partial charge is 0.164 e. The van der Waals surface area contributed by atoms with Crippen molar-refractivity contribution in [2.45, 2.75) is 12.8 Å². The number of hydrogen-bond acceptors (Lipinski definition) is 3. The normalized spacial score (nSPS) is 12.3. The predicted molar refractivity (Wildman–Crippen MR) is 304 cm³/mol. The third kappa shape index (κ3) is 8.66. The summed E-state index contributed by atoms with van der Waals surface area (Å²) >= 11 is 0. The van der Waals surface area contributed by atoms with Crippen molar-refractivity contribution in [1.82, 2.24) is 19.5 Å². The zero-order valence-corrected chi connectivity index (χ0v) is 40.1. The SMILES string of the molecule is C1=CC(c2cccc(-c3ccc(-c4nc(-c5ccc(-c6cccc(-c7cccc(-c8ccccc8)c7)c6)cc5)nc(-c5ccc6c7ccccc7n(-c7cccc(-c8ccccc8)c7)c6c5)n4)cc3)c2)=CCC1. The predicted octanol–water partition coefficient (Wildman–Crippen LogP) is 18.0. The van der Waals surface area contributed by atoms with E-state index in [-0.39, 0.29) is 0 Å². The summed E-state index contributed by atoms with van der Waals surface area (Å²) in [4.78, 5) is 15.8. The molecule has 0 atom stereocenters. The van der Waals surface area contributed by atoms with Crippen molar-refractivity contribution in [3.8, 4) is 95.5 Å². The molecule has 10 aromatic carbocycles. The van der Waals surface area contributed by atoms with Crippen LogP contribution in [-0.4, -0.2) is 19.5 Å². The maximum atomic E-state index is 5.28. The van der Waals surface area contributed by atoms with Crippen molar-refractivity contribution in [1.29, 1.82) is 0 Å². The molecule has 2 aromatic heterocycles. The summed E-state index contributed by atoms with van der Waals surface area (Å²) in [5, 5.41) is 2.35. The minimum Gasteiger partial charge on any atom is -0.309 e. The lowest BCUT2D eigenvalue weighted by Crippen LogP contribution is -2.00. The van der Waals surface area contributed by atoms with E-state index >= 15 is 0 Å². The van der Waals surface area contributed by atoms with E-state index < -0.39 is 0 Å². The highest BCUT2D eigenvalue weighted by molar-refractivity contribution is 6.10. The maximum Gasteiger partial charge on any atom is 0.164 e. The summed E-state index contributed by atoms with van der Waals surface area (Å²) < 4.78 is 2.37. The molecular weight excluding hydrogens is 885 g/mol. The highest BCUT2D eigenvalue weighted by Crippen LogP contribution is 2.37. The van der Waals surface area contributed by atoms with E-state index in [1.165, 1.54) is 49.9 Å². The van der Waals surface area contributed by atoms with Crippen molar-refractivity contribution in [3.05, 3.63) is 273 Å². The molecule has 2 heterocycles. The van der Waals surface area contributed by atoms with Crippen molar-refractivity contribution >= 4 is 27.4 Å². The Bertz CT molecular complexity index is 4050. The highest BCUT2D eigenvalue weighted by atomic mass is 15.0. The third-order valence-electron chi connectivity index (χ3n) is 14.1. The van der Waals surface area contributed by atoms with Crippen LogP contribution in [0.2, 0.25) is 0 Å². The largest absolute Gasteiger partial charge is 0.309 e. The first-order chi connectivity index (χ1) is 36.1. The number of nitrogens with zero attached hydrogens (tertiary/aromatic N) is 4. The summed E-state index contributed by atoms with van der Waals surface area (Å²) in [7, 11) is 0. The van der Waals surface area contributed by atoms with Gasteiger partial charge in [0.2, 0.25) is 0 Å². The van der Waals surface area contributed by atoms with Gasteiger partial charge in [-0.1, -0.05) is 224 Å². The Kier molecular flexibility index (Phi) is 11.3. The Morgan fingerprint density at radius 1 is 0.274 bits per heavy atom. The number of allylic oxidation sites excluding steroid dienone is 4. The molecular formula is C69H48N4. The monoisotopic (exact) mass is 932 g/mol. The molecule has 0 bridgehead atoms. The topological polar surface area (TPSA) is 43.6 Å². The molecule has 12 aromatic rings. The fraction of sp³-hybridized carbons (Fsp3) is 0.0290. The van der Waals surface area contributed by atoms with E-state index in [1.807, 2.05) is 0 Å². The summed E-state index contributed by atoms with van der Waals surface area (Å²) in [5.74, 6) is 1.83. The van der Waals surface area contributed by atoms with Crippen LogP contribution in [0.15, 0.2) is 267 Å². The van der Waals surface area contributed by atoms with Crippen LogP contribution in [0.4, 0.5) is 0 Å². The number of aromatic nitrogens is 4. The Morgan fingerprint density at radius 3 is 1.25 bits per heavy atom. The van der Waals surface area contributed by atoms with Crippen molar-refractivity contribution in [3.63, 3.8) is 0 Å². The van der Waals surface area contributed by atoms with Gasteiger partial charge in [-0.05, 0) is 122 Å². The van der Waals surface area contributed by atoms with E-state index in [4.69, 9.17) is 15.0 Å². The van der Waals surface area contributed by atoms with E-state index in [2.05, 4.69) is 272 Å². The zero-order valence-electron chi connectivity index (χ0n) is 40.1. The average Bonchev–Trinajstić information content (AvgIpc) is 3.82. The molecule has 0 fully saturated rings. The molecule has 0 spiro atoms. The van der Waals surface area contributed by atoms with Gasteiger partial charge in [-0.25, -0.2) is 15.0 Å². The number of hydrogen-bond donors (Lipinski definition) is 0. The van der Waals surface area contributed by atoms with Gasteiger partial charge in [-0.3, -0.25) is 0 Å². The lowest BCUT2D eigenvalue weighted by atomic mass is 9.95. The number of fused-ring (bicyclic) bond motifs is 3. The standard InChI is InChI=1S/C69H48N4/c1-4-16-47(17-5-1)54-22-12-24-56(42-54)50-32-36-52(37-33-50)67-70-68(53-38-34-51(35-39-53)57-25-14-27-59(44-57)58-26-13-23-55(43-58)48-18-6-2-7-19-48)72-69(71-67)61-40-41-64-63-30-10-11-31-65(63)73(66(64)46-61)62-29-15-28-60(45-62)49-20-8-3-9-21-49/h2-4,6-46H,1,5H2. The van der Waals surface area contributed by atoms with Gasteiger partial charge >= 0.3 is 0 Å². The summed E-state index contributed by atoms with van der Waals surface area (Å²) in [6, 6.07) is 88.8. The summed E-state index contributed by atoms with van der Waals surface area (Å²) in [6.07, 6.45) is 9.00. The summed E-state index contributed by atoms with van der Waals surface area (Å²) in [6.45, 7) is 0. The minimum absolute atomic E-state index is 0.608. The Hall–Kier alpha value is -9.51. The molecule has 1 aliphatic rings. The zero-order chi connectivity index (χ0) is 48.5. The van der Waals surface area contributed by atoms with Gasteiger partial charge in [0, 0.05) is 33.2 Å². The molecule has 4 nitrogen and oxygen atoms in total. The van der Waals surface area contributed by atoms with Gasteiger partial charge in [-0.15, -0.1) is 0 Å². The molecule has 4 heteroatoms. The molecule has 1 aliphatic carbocycles. The van der Waals surface area contributed by atoms with Crippen LogP contribution in [0.1, 0.15) is 18.4 Å². The van der Waals surface area contributed by atoms with E-state index in [9.17, 15) is 0 Å². The summed E-state index contributed by atoms with van der Waals surface area (Å²) in [5.41, 5.74) is 20.2. The van der Waals surface area contributed by atoms with Crippen molar-refractivity contribution in [2.24, 2.45) is 0 Å². The van der Waals surface area contributed by atoms with Crippen LogP contribution >= 0.6 is 0 Å². The van der Waals surface area contributed by atoms with E-state index in [0.717, 1.165) is 73.9 Å². The second kappa shape index (κ2) is 19.0. The lowest BCUT2D eigenvalue weighted by molar-refractivity contribution is 1.04. The second-order valence-electron chi connectivity index (χ2n) is 18.7. The van der Waals surface area contributed by atoms with Crippen LogP contribution in [0.5, 0.6) is 0 Å². The van der Waals surface area contributed by atoms with Crippen molar-refractivity contribution < 1.29 is 0 Å². The average molecular weight is 933 g/mol. The first kappa shape index (κ1) is 43.5. The molecule has 73 heavy (non-hydrogen) atoms. The Labute approximate surface area is 425 Å². The van der Waals surface area contributed by atoms with Crippen molar-refractivity contribution in [2.75, 3.05) is 0 Å². The van der Waals surface area contributed by atoms with E-state index in [0.29, 0.717) is 17.5 Å². The molecule has 13 rings (SSSR count). The molecule has 0 aliphatic heterocycles. The minimum atomic E-state index is 0.608. The fourth-order valence-corrected chi connectivity index (χ4v) is 10.3. The van der Waals surface area contributed by atoms with Crippen LogP contribution in [0.25, 0.3) is 123 Å². The molecule has 0 radical (unpaired) electrons. The molecule has 0 saturated heterocycles. The molecule has 344 valence electrons. The third-order valence-corrected chi connectivity index (χ3v) is 14.1. The van der Waals surface area contributed by atoms with Crippen LogP contribution in [-0.2, 0) is 0 Å². The Morgan fingerprint density at radius 2 is 0.685 bits per heavy atom. The number of para-hydroxylation sites is 1. The maximum absolute atomic E-state index is 5.28. The number of rotatable bonds is 10. The molecule has 0 N–H and O–H groups in total. The molecule has 0 amide bonds. The highest BCUT2D eigenvalue weighted by Gasteiger charge is 2.18.